The van der Waals surface area contributed by atoms with Gasteiger partial charge >= 0.3 is 0 Å². The summed E-state index contributed by atoms with van der Waals surface area (Å²) in [6.07, 6.45) is 1.83. The van der Waals surface area contributed by atoms with Crippen molar-refractivity contribution in [2.24, 2.45) is 5.73 Å². The van der Waals surface area contributed by atoms with E-state index in [-0.39, 0.29) is 6.10 Å². The second-order valence-corrected chi connectivity index (χ2v) is 3.98. The molecule has 0 aliphatic heterocycles. The Hall–Kier alpha value is -1.88. The Morgan fingerprint density at radius 3 is 2.59 bits per heavy atom. The normalized spacial score (nSPS) is 10.8. The Morgan fingerprint density at radius 1 is 1.29 bits per heavy atom. The number of rotatable bonds is 4. The second kappa shape index (κ2) is 4.97. The molecule has 1 aromatic carbocycles. The van der Waals surface area contributed by atoms with Gasteiger partial charge in [-0.1, -0.05) is 0 Å². The van der Waals surface area contributed by atoms with E-state index in [9.17, 15) is 0 Å². The Morgan fingerprint density at radius 2 is 2.00 bits per heavy atom. The maximum atomic E-state index is 5.58. The molecular formula is C12H16N4O. The number of ether oxygens (including phenoxy) is 1. The summed E-state index contributed by atoms with van der Waals surface area (Å²) in [5, 5.41) is 7.78. The molecule has 90 valence electrons. The van der Waals surface area contributed by atoms with Crippen LogP contribution in [-0.2, 0) is 6.54 Å². The number of hydrogen-bond acceptors (Lipinski definition) is 4. The molecule has 0 radical (unpaired) electrons. The van der Waals surface area contributed by atoms with E-state index in [1.807, 2.05) is 42.7 Å². The Balaban J connectivity index is 2.23. The molecule has 1 aromatic heterocycles. The highest BCUT2D eigenvalue weighted by molar-refractivity contribution is 5.38. The molecule has 0 bridgehead atoms. The number of aromatic nitrogens is 3. The van der Waals surface area contributed by atoms with E-state index < -0.39 is 0 Å². The van der Waals surface area contributed by atoms with Gasteiger partial charge in [-0.3, -0.25) is 4.57 Å². The zero-order valence-electron chi connectivity index (χ0n) is 10.00. The van der Waals surface area contributed by atoms with Gasteiger partial charge in [-0.2, -0.15) is 0 Å². The third-order valence-corrected chi connectivity index (χ3v) is 2.29. The molecule has 1 heterocycles. The number of benzene rings is 1. The minimum Gasteiger partial charge on any atom is -0.491 e. The lowest BCUT2D eigenvalue weighted by Gasteiger charge is -2.10. The second-order valence-electron chi connectivity index (χ2n) is 3.98. The maximum absolute atomic E-state index is 5.58. The first-order valence-electron chi connectivity index (χ1n) is 5.56. The van der Waals surface area contributed by atoms with E-state index in [0.717, 1.165) is 17.3 Å². The highest BCUT2D eigenvalue weighted by Gasteiger charge is 2.04. The van der Waals surface area contributed by atoms with Crippen molar-refractivity contribution in [3.8, 4) is 11.4 Å². The molecule has 0 aliphatic carbocycles. The molecule has 0 fully saturated rings. The molecular weight excluding hydrogens is 216 g/mol. The number of nitrogens with zero attached hydrogens (tertiary/aromatic N) is 3. The van der Waals surface area contributed by atoms with Gasteiger partial charge in [-0.05, 0) is 38.1 Å². The lowest BCUT2D eigenvalue weighted by atomic mass is 10.3. The first kappa shape index (κ1) is 11.6. The van der Waals surface area contributed by atoms with Crippen LogP contribution in [-0.4, -0.2) is 20.9 Å². The smallest absolute Gasteiger partial charge is 0.151 e. The van der Waals surface area contributed by atoms with Crippen LogP contribution in [0.1, 0.15) is 19.7 Å². The molecule has 17 heavy (non-hydrogen) atoms. The molecule has 5 nitrogen and oxygen atoms in total. The molecule has 5 heteroatoms. The van der Waals surface area contributed by atoms with Gasteiger partial charge in [0.2, 0.25) is 0 Å². The fraction of sp³-hybridized carbons (Fsp3) is 0.333. The standard InChI is InChI=1S/C12H16N4O/c1-9(2)17-11-5-3-10(4-6-11)16-8-14-15-12(16)7-13/h3-6,8-9H,7,13H2,1-2H3. The first-order valence-corrected chi connectivity index (χ1v) is 5.56. The summed E-state index contributed by atoms with van der Waals surface area (Å²) in [5.74, 6) is 1.59. The van der Waals surface area contributed by atoms with Crippen LogP contribution < -0.4 is 10.5 Å². The molecule has 0 amide bonds. The quantitative estimate of drug-likeness (QED) is 0.867. The van der Waals surface area contributed by atoms with E-state index in [4.69, 9.17) is 10.5 Å². The van der Waals surface area contributed by atoms with Crippen LogP contribution in [0.25, 0.3) is 5.69 Å². The fourth-order valence-corrected chi connectivity index (χ4v) is 1.57. The minimum atomic E-state index is 0.176. The topological polar surface area (TPSA) is 66.0 Å². The summed E-state index contributed by atoms with van der Waals surface area (Å²) in [6, 6.07) is 7.77. The largest absolute Gasteiger partial charge is 0.491 e. The van der Waals surface area contributed by atoms with Gasteiger partial charge in [-0.15, -0.1) is 10.2 Å². The van der Waals surface area contributed by atoms with E-state index in [1.165, 1.54) is 0 Å². The van der Waals surface area contributed by atoms with Gasteiger partial charge in [-0.25, -0.2) is 0 Å². The predicted octanol–water partition coefficient (Wildman–Crippen LogP) is 1.51. The predicted molar refractivity (Wildman–Crippen MR) is 65.0 cm³/mol. The fourth-order valence-electron chi connectivity index (χ4n) is 1.57. The van der Waals surface area contributed by atoms with Gasteiger partial charge in [0.1, 0.15) is 12.1 Å². The SMILES string of the molecule is CC(C)Oc1ccc(-n2cnnc2CN)cc1. The van der Waals surface area contributed by atoms with Crippen molar-refractivity contribution in [3.05, 3.63) is 36.4 Å². The van der Waals surface area contributed by atoms with Crippen molar-refractivity contribution in [2.45, 2.75) is 26.5 Å². The Kier molecular flexibility index (Phi) is 3.39. The average Bonchev–Trinajstić information content (AvgIpc) is 2.77. The lowest BCUT2D eigenvalue weighted by molar-refractivity contribution is 0.242. The average molecular weight is 232 g/mol. The van der Waals surface area contributed by atoms with Crippen LogP contribution in [0.3, 0.4) is 0 Å². The summed E-state index contributed by atoms with van der Waals surface area (Å²) in [7, 11) is 0. The summed E-state index contributed by atoms with van der Waals surface area (Å²) in [4.78, 5) is 0. The minimum absolute atomic E-state index is 0.176. The molecule has 0 saturated heterocycles. The molecule has 0 aliphatic rings. The highest BCUT2D eigenvalue weighted by atomic mass is 16.5. The third-order valence-electron chi connectivity index (χ3n) is 2.29. The van der Waals surface area contributed by atoms with E-state index in [0.29, 0.717) is 6.54 Å². The maximum Gasteiger partial charge on any atom is 0.151 e. The van der Waals surface area contributed by atoms with Crippen LogP contribution >= 0.6 is 0 Å². The molecule has 0 unspecified atom stereocenters. The lowest BCUT2D eigenvalue weighted by Crippen LogP contribution is -2.07. The third kappa shape index (κ3) is 2.62. The Labute approximate surface area is 100 Å². The number of nitrogens with two attached hydrogens (primary N) is 1. The van der Waals surface area contributed by atoms with Crippen LogP contribution in [0.2, 0.25) is 0 Å². The molecule has 0 spiro atoms. The van der Waals surface area contributed by atoms with E-state index in [2.05, 4.69) is 10.2 Å². The molecule has 0 saturated carbocycles. The Bertz CT molecular complexity index is 476. The molecule has 2 rings (SSSR count). The zero-order valence-corrected chi connectivity index (χ0v) is 10.00. The molecule has 2 aromatic rings. The number of hydrogen-bond donors (Lipinski definition) is 1. The van der Waals surface area contributed by atoms with Crippen LogP contribution in [0, 0.1) is 0 Å². The van der Waals surface area contributed by atoms with E-state index >= 15 is 0 Å². The molecule has 0 atom stereocenters. The zero-order chi connectivity index (χ0) is 12.3. The van der Waals surface area contributed by atoms with Gasteiger partial charge in [0.15, 0.2) is 5.82 Å². The van der Waals surface area contributed by atoms with Crippen molar-refractivity contribution in [2.75, 3.05) is 0 Å². The highest BCUT2D eigenvalue weighted by Crippen LogP contribution is 2.17. The van der Waals surface area contributed by atoms with Gasteiger partial charge in [0, 0.05) is 5.69 Å². The van der Waals surface area contributed by atoms with Crippen LogP contribution in [0.15, 0.2) is 30.6 Å². The van der Waals surface area contributed by atoms with Crippen molar-refractivity contribution in [1.29, 1.82) is 0 Å². The van der Waals surface area contributed by atoms with Gasteiger partial charge in [0.05, 0.1) is 12.6 Å². The van der Waals surface area contributed by atoms with Crippen LogP contribution in [0.5, 0.6) is 5.75 Å². The van der Waals surface area contributed by atoms with Gasteiger partial charge in [0.25, 0.3) is 0 Å². The summed E-state index contributed by atoms with van der Waals surface area (Å²) < 4.78 is 7.44. The monoisotopic (exact) mass is 232 g/mol. The van der Waals surface area contributed by atoms with Crippen molar-refractivity contribution in [1.82, 2.24) is 14.8 Å². The van der Waals surface area contributed by atoms with Gasteiger partial charge < -0.3 is 10.5 Å². The summed E-state index contributed by atoms with van der Waals surface area (Å²) >= 11 is 0. The first-order chi connectivity index (χ1) is 8.20. The summed E-state index contributed by atoms with van der Waals surface area (Å²) in [6.45, 7) is 4.37. The van der Waals surface area contributed by atoms with Crippen LogP contribution in [0.4, 0.5) is 0 Å². The van der Waals surface area contributed by atoms with Crippen molar-refractivity contribution >= 4 is 0 Å². The molecule has 2 N–H and O–H groups in total. The van der Waals surface area contributed by atoms with Crippen molar-refractivity contribution in [3.63, 3.8) is 0 Å². The van der Waals surface area contributed by atoms with Crippen molar-refractivity contribution < 1.29 is 4.74 Å². The summed E-state index contributed by atoms with van der Waals surface area (Å²) in [5.41, 5.74) is 6.56. The van der Waals surface area contributed by atoms with E-state index in [1.54, 1.807) is 6.33 Å².